The highest BCUT2D eigenvalue weighted by Crippen LogP contribution is 2.35. The Hall–Kier alpha value is -0.110. The van der Waals surface area contributed by atoms with Gasteiger partial charge in [-0.3, -0.25) is 4.90 Å². The largest absolute Gasteiger partial charge is 0.401 e. The normalized spacial score (nSPS) is 16.1. The Morgan fingerprint density at radius 3 is 2.21 bits per heavy atom. The van der Waals surface area contributed by atoms with Gasteiger partial charge < -0.3 is 5.73 Å². The van der Waals surface area contributed by atoms with E-state index >= 15 is 0 Å². The maximum atomic E-state index is 12.7. The van der Waals surface area contributed by atoms with Gasteiger partial charge in [0.15, 0.2) is 0 Å². The summed E-state index contributed by atoms with van der Waals surface area (Å²) < 4.78 is 39.1. The van der Waals surface area contributed by atoms with Gasteiger partial charge in [-0.05, 0) is 48.8 Å². The van der Waals surface area contributed by atoms with E-state index < -0.39 is 18.8 Å². The van der Waals surface area contributed by atoms with Crippen molar-refractivity contribution >= 4 is 27.3 Å². The molecule has 0 amide bonds. The second-order valence-corrected chi connectivity index (χ2v) is 7.32. The fourth-order valence-electron chi connectivity index (χ4n) is 2.02. The first-order valence-corrected chi connectivity index (χ1v) is 7.56. The van der Waals surface area contributed by atoms with E-state index in [-0.39, 0.29) is 12.1 Å². The van der Waals surface area contributed by atoms with Crippen molar-refractivity contribution < 1.29 is 13.2 Å². The summed E-state index contributed by atoms with van der Waals surface area (Å²) in [7, 11) is 0. The van der Waals surface area contributed by atoms with E-state index in [2.05, 4.69) is 15.9 Å². The lowest BCUT2D eigenvalue weighted by Crippen LogP contribution is -2.47. The second kappa shape index (κ2) is 6.56. The number of hydrogen-bond acceptors (Lipinski definition) is 3. The molecule has 2 nitrogen and oxygen atoms in total. The van der Waals surface area contributed by atoms with Crippen molar-refractivity contribution in [2.45, 2.75) is 45.1 Å². The van der Waals surface area contributed by atoms with Gasteiger partial charge in [0.05, 0.1) is 16.4 Å². The summed E-state index contributed by atoms with van der Waals surface area (Å²) in [5.41, 5.74) is 5.92. The third-order valence-electron chi connectivity index (χ3n) is 2.77. The van der Waals surface area contributed by atoms with E-state index in [4.69, 9.17) is 5.73 Å². The highest BCUT2D eigenvalue weighted by atomic mass is 79.9. The molecule has 2 unspecified atom stereocenters. The molecule has 110 valence electrons. The molecule has 0 saturated heterocycles. The van der Waals surface area contributed by atoms with E-state index in [1.807, 2.05) is 12.1 Å². The molecule has 0 fully saturated rings. The third kappa shape index (κ3) is 5.06. The highest BCUT2D eigenvalue weighted by Gasteiger charge is 2.37. The van der Waals surface area contributed by atoms with Crippen molar-refractivity contribution in [1.82, 2.24) is 4.90 Å². The Labute approximate surface area is 123 Å². The standard InChI is InChI=1S/C12H18BrF3N2S/c1-7(2)18(6-12(14,15)16)11(8(3)17)9-4-5-10(13)19-9/h4-5,7-8,11H,6,17H2,1-3H3. The molecule has 1 aromatic heterocycles. The first-order valence-electron chi connectivity index (χ1n) is 5.95. The van der Waals surface area contributed by atoms with Crippen LogP contribution in [0.1, 0.15) is 31.7 Å². The van der Waals surface area contributed by atoms with Crippen molar-refractivity contribution in [2.24, 2.45) is 5.73 Å². The summed E-state index contributed by atoms with van der Waals surface area (Å²) in [6.07, 6.45) is -4.23. The monoisotopic (exact) mass is 358 g/mol. The SMILES string of the molecule is CC(N)C(c1ccc(Br)s1)N(CC(F)(F)F)C(C)C. The zero-order valence-electron chi connectivity index (χ0n) is 11.0. The van der Waals surface area contributed by atoms with Crippen molar-refractivity contribution in [2.75, 3.05) is 6.54 Å². The van der Waals surface area contributed by atoms with Gasteiger partial charge in [-0.1, -0.05) is 0 Å². The molecule has 0 aliphatic carbocycles. The van der Waals surface area contributed by atoms with Crippen LogP contribution >= 0.6 is 27.3 Å². The van der Waals surface area contributed by atoms with Crippen LogP contribution in [0.5, 0.6) is 0 Å². The minimum Gasteiger partial charge on any atom is -0.326 e. The summed E-state index contributed by atoms with van der Waals surface area (Å²) in [6, 6.07) is 2.61. The fraction of sp³-hybridized carbons (Fsp3) is 0.667. The Kier molecular flexibility index (Phi) is 5.85. The van der Waals surface area contributed by atoms with Crippen LogP contribution in [0, 0.1) is 0 Å². The lowest BCUT2D eigenvalue weighted by Gasteiger charge is -2.37. The predicted molar refractivity (Wildman–Crippen MR) is 76.3 cm³/mol. The number of alkyl halides is 3. The minimum absolute atomic E-state index is 0.237. The van der Waals surface area contributed by atoms with Gasteiger partial charge in [0, 0.05) is 17.0 Å². The number of nitrogens with zero attached hydrogens (tertiary/aromatic N) is 1. The summed E-state index contributed by atoms with van der Waals surface area (Å²) in [5, 5.41) is 0. The molecule has 0 saturated carbocycles. The van der Waals surface area contributed by atoms with E-state index in [9.17, 15) is 13.2 Å². The van der Waals surface area contributed by atoms with E-state index in [1.165, 1.54) is 16.2 Å². The Bertz CT molecular complexity index is 404. The molecule has 0 radical (unpaired) electrons. The summed E-state index contributed by atoms with van der Waals surface area (Å²) >= 11 is 4.76. The number of halogens is 4. The second-order valence-electron chi connectivity index (χ2n) is 4.83. The van der Waals surface area contributed by atoms with Crippen LogP contribution < -0.4 is 5.73 Å². The third-order valence-corrected chi connectivity index (χ3v) is 4.46. The predicted octanol–water partition coefficient (Wildman–Crippen LogP) is 4.17. The van der Waals surface area contributed by atoms with Crippen molar-refractivity contribution in [3.63, 3.8) is 0 Å². The molecule has 1 aromatic rings. The van der Waals surface area contributed by atoms with Crippen molar-refractivity contribution in [3.05, 3.63) is 20.8 Å². The van der Waals surface area contributed by atoms with Gasteiger partial charge in [0.2, 0.25) is 0 Å². The van der Waals surface area contributed by atoms with Crippen molar-refractivity contribution in [1.29, 1.82) is 0 Å². The average Bonchev–Trinajstić information content (AvgIpc) is 2.61. The van der Waals surface area contributed by atoms with Gasteiger partial charge in [-0.15, -0.1) is 11.3 Å². The van der Waals surface area contributed by atoms with E-state index in [0.717, 1.165) is 8.66 Å². The minimum atomic E-state index is -4.23. The molecule has 2 atom stereocenters. The summed E-state index contributed by atoms with van der Waals surface area (Å²) in [6.45, 7) is 4.30. The van der Waals surface area contributed by atoms with Gasteiger partial charge in [0.1, 0.15) is 0 Å². The number of thiophene rings is 1. The fourth-order valence-corrected chi connectivity index (χ4v) is 3.68. The van der Waals surface area contributed by atoms with Crippen LogP contribution in [0.4, 0.5) is 13.2 Å². The first-order chi connectivity index (χ1) is 8.61. The average molecular weight is 359 g/mol. The lowest BCUT2D eigenvalue weighted by atomic mass is 10.1. The molecule has 0 bridgehead atoms. The van der Waals surface area contributed by atoms with Crippen molar-refractivity contribution in [3.8, 4) is 0 Å². The van der Waals surface area contributed by atoms with Crippen LogP contribution in [-0.2, 0) is 0 Å². The zero-order valence-corrected chi connectivity index (χ0v) is 13.4. The molecule has 1 rings (SSSR count). The van der Waals surface area contributed by atoms with E-state index in [0.29, 0.717) is 0 Å². The smallest absolute Gasteiger partial charge is 0.326 e. The van der Waals surface area contributed by atoms with E-state index in [1.54, 1.807) is 20.8 Å². The highest BCUT2D eigenvalue weighted by molar-refractivity contribution is 9.11. The summed E-state index contributed by atoms with van der Waals surface area (Å²) in [4.78, 5) is 2.25. The lowest BCUT2D eigenvalue weighted by molar-refractivity contribution is -0.156. The van der Waals surface area contributed by atoms with Gasteiger partial charge in [0.25, 0.3) is 0 Å². The number of hydrogen-bond donors (Lipinski definition) is 1. The van der Waals surface area contributed by atoms with Gasteiger partial charge >= 0.3 is 6.18 Å². The summed E-state index contributed by atoms with van der Waals surface area (Å²) in [5.74, 6) is 0. The quantitative estimate of drug-likeness (QED) is 0.855. The van der Waals surface area contributed by atoms with Gasteiger partial charge in [-0.2, -0.15) is 13.2 Å². The van der Waals surface area contributed by atoms with Crippen LogP contribution in [-0.4, -0.2) is 29.7 Å². The molecule has 2 N–H and O–H groups in total. The van der Waals surface area contributed by atoms with Crippen LogP contribution in [0.2, 0.25) is 0 Å². The van der Waals surface area contributed by atoms with Crippen LogP contribution in [0.15, 0.2) is 15.9 Å². The molecule has 0 aliphatic rings. The van der Waals surface area contributed by atoms with Crippen LogP contribution in [0.3, 0.4) is 0 Å². The molecule has 19 heavy (non-hydrogen) atoms. The van der Waals surface area contributed by atoms with Gasteiger partial charge in [-0.25, -0.2) is 0 Å². The Morgan fingerprint density at radius 1 is 1.32 bits per heavy atom. The maximum absolute atomic E-state index is 12.7. The number of nitrogens with two attached hydrogens (primary N) is 1. The number of rotatable bonds is 5. The molecule has 0 spiro atoms. The molecule has 1 heterocycles. The van der Waals surface area contributed by atoms with Crippen LogP contribution in [0.25, 0.3) is 0 Å². The first kappa shape index (κ1) is 16.9. The zero-order chi connectivity index (χ0) is 14.8. The molecule has 0 aliphatic heterocycles. The molecular formula is C12H18BrF3N2S. The topological polar surface area (TPSA) is 29.3 Å². The Balaban J connectivity index is 3.06. The maximum Gasteiger partial charge on any atom is 0.401 e. The molecule has 7 heteroatoms. The molecule has 0 aromatic carbocycles. The molecular weight excluding hydrogens is 341 g/mol. The Morgan fingerprint density at radius 2 is 1.89 bits per heavy atom.